The highest BCUT2D eigenvalue weighted by Crippen LogP contribution is 2.29. The number of hydrogen-bond donors (Lipinski definition) is 1. The summed E-state index contributed by atoms with van der Waals surface area (Å²) in [5, 5.41) is 12.0. The lowest BCUT2D eigenvalue weighted by Gasteiger charge is -2.17. The minimum absolute atomic E-state index is 0.0555. The van der Waals surface area contributed by atoms with E-state index in [1.54, 1.807) is 12.1 Å². The summed E-state index contributed by atoms with van der Waals surface area (Å²) in [5.41, 5.74) is 2.80. The number of anilines is 1. The highest BCUT2D eigenvalue weighted by Gasteiger charge is 2.25. The molecule has 8 heteroatoms. The number of carbonyl (C=O) groups is 2. The Kier molecular flexibility index (Phi) is 5.85. The van der Waals surface area contributed by atoms with Gasteiger partial charge in [0.2, 0.25) is 5.91 Å². The van der Waals surface area contributed by atoms with Crippen LogP contribution in [-0.2, 0) is 18.3 Å². The maximum absolute atomic E-state index is 12.7. The Morgan fingerprint density at radius 2 is 1.83 bits per heavy atom. The van der Waals surface area contributed by atoms with Crippen molar-refractivity contribution in [1.29, 1.82) is 0 Å². The summed E-state index contributed by atoms with van der Waals surface area (Å²) in [4.78, 5) is 26.9. The number of amides is 2. The lowest BCUT2D eigenvalue weighted by atomic mass is 10.2. The van der Waals surface area contributed by atoms with E-state index in [-0.39, 0.29) is 23.6 Å². The fourth-order valence-electron chi connectivity index (χ4n) is 3.56. The number of fused-ring (bicyclic) bond motifs is 1. The van der Waals surface area contributed by atoms with Gasteiger partial charge in [0.15, 0.2) is 11.0 Å². The first-order chi connectivity index (χ1) is 14.5. The molecule has 4 rings (SSSR count). The Balaban J connectivity index is 1.37. The van der Waals surface area contributed by atoms with Crippen LogP contribution in [0.4, 0.5) is 5.69 Å². The van der Waals surface area contributed by atoms with Gasteiger partial charge in [-0.2, -0.15) is 0 Å². The zero-order valence-corrected chi connectivity index (χ0v) is 17.7. The van der Waals surface area contributed by atoms with E-state index < -0.39 is 0 Å². The van der Waals surface area contributed by atoms with Crippen molar-refractivity contribution >= 4 is 29.3 Å². The van der Waals surface area contributed by atoms with Crippen molar-refractivity contribution in [2.45, 2.75) is 24.5 Å². The highest BCUT2D eigenvalue weighted by molar-refractivity contribution is 7.99. The molecule has 0 saturated carbocycles. The van der Waals surface area contributed by atoms with E-state index in [1.807, 2.05) is 59.8 Å². The molecular weight excluding hydrogens is 398 g/mol. The predicted molar refractivity (Wildman–Crippen MR) is 117 cm³/mol. The molecule has 0 spiro atoms. The first-order valence-corrected chi connectivity index (χ1v) is 10.8. The quantitative estimate of drug-likeness (QED) is 0.619. The number of carbonyl (C=O) groups excluding carboxylic acids is 2. The van der Waals surface area contributed by atoms with Gasteiger partial charge in [-0.25, -0.2) is 0 Å². The van der Waals surface area contributed by atoms with E-state index in [0.717, 1.165) is 12.1 Å². The summed E-state index contributed by atoms with van der Waals surface area (Å²) >= 11 is 1.36. The van der Waals surface area contributed by atoms with Crippen LogP contribution in [0.1, 0.15) is 34.7 Å². The molecule has 1 aliphatic rings. The Hall–Kier alpha value is -3.13. The van der Waals surface area contributed by atoms with Crippen molar-refractivity contribution in [3.05, 3.63) is 71.5 Å². The third kappa shape index (κ3) is 4.09. The maximum atomic E-state index is 12.7. The summed E-state index contributed by atoms with van der Waals surface area (Å²) < 4.78 is 1.83. The van der Waals surface area contributed by atoms with Crippen molar-refractivity contribution in [2.75, 3.05) is 17.2 Å². The Labute approximate surface area is 179 Å². The molecule has 0 unspecified atom stereocenters. The van der Waals surface area contributed by atoms with Gasteiger partial charge in [-0.05, 0) is 37.1 Å². The molecule has 0 fully saturated rings. The molecule has 0 saturated heterocycles. The molecule has 7 nitrogen and oxygen atoms in total. The smallest absolute Gasteiger partial charge is 0.251 e. The fourth-order valence-corrected chi connectivity index (χ4v) is 4.36. The zero-order chi connectivity index (χ0) is 21.1. The number of benzene rings is 2. The van der Waals surface area contributed by atoms with Gasteiger partial charge >= 0.3 is 0 Å². The lowest BCUT2D eigenvalue weighted by Crippen LogP contribution is -2.30. The van der Waals surface area contributed by atoms with Gasteiger partial charge in [0.1, 0.15) is 0 Å². The number of aromatic nitrogens is 3. The van der Waals surface area contributed by atoms with E-state index >= 15 is 0 Å². The molecule has 2 heterocycles. The van der Waals surface area contributed by atoms with Crippen LogP contribution >= 0.6 is 11.8 Å². The third-order valence-corrected chi connectivity index (χ3v) is 6.16. The van der Waals surface area contributed by atoms with Gasteiger partial charge in [-0.15, -0.1) is 10.2 Å². The SMILES string of the molecule is C[C@H](NC(=O)c1ccccc1)c1nnc(SCC(=O)N2CCc3ccccc32)n1C. The Bertz CT molecular complexity index is 1070. The second-order valence-electron chi connectivity index (χ2n) is 7.17. The van der Waals surface area contributed by atoms with Crippen LogP contribution in [0.25, 0.3) is 0 Å². The molecule has 30 heavy (non-hydrogen) atoms. The van der Waals surface area contributed by atoms with Crippen LogP contribution in [0.2, 0.25) is 0 Å². The fraction of sp³-hybridized carbons (Fsp3) is 0.273. The molecule has 0 bridgehead atoms. The second-order valence-corrected chi connectivity index (χ2v) is 8.12. The van der Waals surface area contributed by atoms with E-state index in [4.69, 9.17) is 0 Å². The molecule has 0 radical (unpaired) electrons. The van der Waals surface area contributed by atoms with Crippen molar-refractivity contribution in [3.8, 4) is 0 Å². The molecule has 0 aliphatic carbocycles. The van der Waals surface area contributed by atoms with Crippen molar-refractivity contribution < 1.29 is 9.59 Å². The van der Waals surface area contributed by atoms with Gasteiger partial charge in [0, 0.05) is 24.8 Å². The summed E-state index contributed by atoms with van der Waals surface area (Å²) in [7, 11) is 1.85. The minimum atomic E-state index is -0.314. The number of hydrogen-bond acceptors (Lipinski definition) is 5. The highest BCUT2D eigenvalue weighted by atomic mass is 32.2. The zero-order valence-electron chi connectivity index (χ0n) is 16.9. The number of thioether (sulfide) groups is 1. The van der Waals surface area contributed by atoms with E-state index in [9.17, 15) is 9.59 Å². The average Bonchev–Trinajstić information content (AvgIpc) is 3.36. The molecule has 2 aromatic carbocycles. The summed E-state index contributed by atoms with van der Waals surface area (Å²) in [6.07, 6.45) is 0.888. The van der Waals surface area contributed by atoms with Crippen LogP contribution in [0.3, 0.4) is 0 Å². The Morgan fingerprint density at radius 1 is 1.10 bits per heavy atom. The second kappa shape index (κ2) is 8.71. The number of nitrogens with zero attached hydrogens (tertiary/aromatic N) is 4. The molecule has 2 amide bonds. The summed E-state index contributed by atoms with van der Waals surface area (Å²) in [6.45, 7) is 2.58. The molecule has 1 aliphatic heterocycles. The molecule has 1 N–H and O–H groups in total. The maximum Gasteiger partial charge on any atom is 0.251 e. The number of para-hydroxylation sites is 1. The number of rotatable bonds is 6. The first-order valence-electron chi connectivity index (χ1n) is 9.81. The van der Waals surface area contributed by atoms with Crippen LogP contribution in [-0.4, -0.2) is 38.9 Å². The summed E-state index contributed by atoms with van der Waals surface area (Å²) in [5.74, 6) is 0.814. The van der Waals surface area contributed by atoms with Crippen molar-refractivity contribution in [1.82, 2.24) is 20.1 Å². The van der Waals surface area contributed by atoms with Crippen LogP contribution in [0, 0.1) is 0 Å². The average molecular weight is 422 g/mol. The van der Waals surface area contributed by atoms with Gasteiger partial charge in [0.25, 0.3) is 5.91 Å². The van der Waals surface area contributed by atoms with Crippen LogP contribution < -0.4 is 10.2 Å². The van der Waals surface area contributed by atoms with Crippen molar-refractivity contribution in [3.63, 3.8) is 0 Å². The van der Waals surface area contributed by atoms with Crippen molar-refractivity contribution in [2.24, 2.45) is 7.05 Å². The predicted octanol–water partition coefficient (Wildman–Crippen LogP) is 2.99. The van der Waals surface area contributed by atoms with Gasteiger partial charge in [-0.1, -0.05) is 48.2 Å². The molecule has 154 valence electrons. The number of nitrogens with one attached hydrogen (secondary N) is 1. The first kappa shape index (κ1) is 20.2. The third-order valence-electron chi connectivity index (χ3n) is 5.15. The molecule has 3 aromatic rings. The summed E-state index contributed by atoms with van der Waals surface area (Å²) in [6, 6.07) is 16.7. The molecule has 1 aromatic heterocycles. The lowest BCUT2D eigenvalue weighted by molar-refractivity contribution is -0.116. The molecule has 1 atom stereocenters. The molecular formula is C22H23N5O2S. The van der Waals surface area contributed by atoms with Gasteiger partial charge in [0.05, 0.1) is 11.8 Å². The van der Waals surface area contributed by atoms with E-state index in [2.05, 4.69) is 21.6 Å². The minimum Gasteiger partial charge on any atom is -0.342 e. The van der Waals surface area contributed by atoms with E-state index in [1.165, 1.54) is 17.3 Å². The van der Waals surface area contributed by atoms with Crippen LogP contribution in [0.15, 0.2) is 59.8 Å². The normalized spacial score (nSPS) is 13.7. The van der Waals surface area contributed by atoms with E-state index in [0.29, 0.717) is 23.1 Å². The van der Waals surface area contributed by atoms with Crippen LogP contribution in [0.5, 0.6) is 0 Å². The monoisotopic (exact) mass is 421 g/mol. The van der Waals surface area contributed by atoms with Gasteiger partial charge < -0.3 is 14.8 Å². The topological polar surface area (TPSA) is 80.1 Å². The Morgan fingerprint density at radius 3 is 2.63 bits per heavy atom. The van der Waals surface area contributed by atoms with Gasteiger partial charge in [-0.3, -0.25) is 9.59 Å². The largest absolute Gasteiger partial charge is 0.342 e. The standard InChI is InChI=1S/C22H23N5O2S/c1-15(23-21(29)17-9-4-3-5-10-17)20-24-25-22(26(20)2)30-14-19(28)27-13-12-16-8-6-7-11-18(16)27/h3-11,15H,12-14H2,1-2H3,(H,23,29)/t15-/m0/s1.